The number of para-hydroxylation sites is 1. The van der Waals surface area contributed by atoms with E-state index in [2.05, 4.69) is 17.1 Å². The summed E-state index contributed by atoms with van der Waals surface area (Å²) in [5.41, 5.74) is 1.82. The number of rotatable bonds is 5. The van der Waals surface area contributed by atoms with Crippen LogP contribution in [0.5, 0.6) is 0 Å². The monoisotopic (exact) mass is 366 g/mol. The third-order valence-electron chi connectivity index (χ3n) is 4.90. The van der Waals surface area contributed by atoms with Gasteiger partial charge >= 0.3 is 0 Å². The standard InChI is InChI=1S/C21H22N2O2S/c24-26(25,19-9-3-1-4-10-19)23-17-18(20-11-5-6-12-21(20)23)13-16-22-14-7-2-8-15-22/h1-7,9-12,17H,8,13-16H2. The van der Waals surface area contributed by atoms with Crippen molar-refractivity contribution in [2.24, 2.45) is 0 Å². The van der Waals surface area contributed by atoms with Gasteiger partial charge in [0.2, 0.25) is 0 Å². The van der Waals surface area contributed by atoms with Crippen molar-refractivity contribution < 1.29 is 8.42 Å². The van der Waals surface area contributed by atoms with Crippen LogP contribution in [0.3, 0.4) is 0 Å². The molecule has 0 aliphatic carbocycles. The van der Waals surface area contributed by atoms with Gasteiger partial charge in [-0.15, -0.1) is 0 Å². The van der Waals surface area contributed by atoms with Gasteiger partial charge < -0.3 is 0 Å². The number of benzene rings is 2. The van der Waals surface area contributed by atoms with Gasteiger partial charge in [-0.2, -0.15) is 0 Å². The first kappa shape index (κ1) is 17.1. The second-order valence-corrected chi connectivity index (χ2v) is 8.41. The van der Waals surface area contributed by atoms with Crippen LogP contribution in [0.15, 0.2) is 77.8 Å². The first-order valence-corrected chi connectivity index (χ1v) is 10.4. The summed E-state index contributed by atoms with van der Waals surface area (Å²) >= 11 is 0. The maximum Gasteiger partial charge on any atom is 0.268 e. The van der Waals surface area contributed by atoms with Gasteiger partial charge in [-0.25, -0.2) is 12.4 Å². The van der Waals surface area contributed by atoms with Crippen LogP contribution in [0, 0.1) is 0 Å². The van der Waals surface area contributed by atoms with Crippen LogP contribution in [0.2, 0.25) is 0 Å². The molecule has 0 radical (unpaired) electrons. The molecule has 0 atom stereocenters. The summed E-state index contributed by atoms with van der Waals surface area (Å²) in [5, 5.41) is 1.01. The summed E-state index contributed by atoms with van der Waals surface area (Å²) in [7, 11) is -3.60. The molecule has 0 N–H and O–H groups in total. The third-order valence-corrected chi connectivity index (χ3v) is 6.59. The molecule has 1 aliphatic rings. The Balaban J connectivity index is 1.71. The Labute approximate surface area is 154 Å². The smallest absolute Gasteiger partial charge is 0.268 e. The maximum absolute atomic E-state index is 13.1. The van der Waals surface area contributed by atoms with Gasteiger partial charge in [0.25, 0.3) is 10.0 Å². The molecule has 3 aromatic rings. The lowest BCUT2D eigenvalue weighted by Gasteiger charge is -2.22. The zero-order valence-electron chi connectivity index (χ0n) is 14.6. The number of fused-ring (bicyclic) bond motifs is 1. The molecule has 0 fully saturated rings. The quantitative estimate of drug-likeness (QED) is 0.647. The van der Waals surface area contributed by atoms with Crippen molar-refractivity contribution in [1.82, 2.24) is 8.87 Å². The summed E-state index contributed by atoms with van der Waals surface area (Å²) in [6.45, 7) is 2.97. The Morgan fingerprint density at radius 2 is 1.69 bits per heavy atom. The summed E-state index contributed by atoms with van der Waals surface area (Å²) in [5.74, 6) is 0. The van der Waals surface area contributed by atoms with Crippen molar-refractivity contribution >= 4 is 20.9 Å². The van der Waals surface area contributed by atoms with E-state index >= 15 is 0 Å². The van der Waals surface area contributed by atoms with E-state index in [0.29, 0.717) is 4.90 Å². The van der Waals surface area contributed by atoms with Crippen LogP contribution < -0.4 is 0 Å². The molecule has 2 aromatic carbocycles. The highest BCUT2D eigenvalue weighted by Crippen LogP contribution is 2.26. The molecule has 26 heavy (non-hydrogen) atoms. The normalized spacial score (nSPS) is 15.5. The van der Waals surface area contributed by atoms with E-state index in [1.807, 2.05) is 30.3 Å². The zero-order chi connectivity index (χ0) is 18.0. The lowest BCUT2D eigenvalue weighted by Crippen LogP contribution is -2.29. The lowest BCUT2D eigenvalue weighted by atomic mass is 10.1. The molecule has 0 bridgehead atoms. The topological polar surface area (TPSA) is 42.3 Å². The fourth-order valence-corrected chi connectivity index (χ4v) is 4.91. The Kier molecular flexibility index (Phi) is 4.66. The van der Waals surface area contributed by atoms with Crippen LogP contribution in [0.25, 0.3) is 10.9 Å². The number of nitrogens with zero attached hydrogens (tertiary/aromatic N) is 2. The van der Waals surface area contributed by atoms with Crippen molar-refractivity contribution in [3.05, 3.63) is 78.5 Å². The van der Waals surface area contributed by atoms with Crippen molar-refractivity contribution in [1.29, 1.82) is 0 Å². The Hall–Kier alpha value is -2.37. The average molecular weight is 366 g/mol. The average Bonchev–Trinajstić information content (AvgIpc) is 3.07. The minimum absolute atomic E-state index is 0.313. The summed E-state index contributed by atoms with van der Waals surface area (Å²) < 4.78 is 27.7. The minimum Gasteiger partial charge on any atom is -0.299 e. The molecule has 1 aromatic heterocycles. The third kappa shape index (κ3) is 3.20. The molecule has 0 saturated heterocycles. The van der Waals surface area contributed by atoms with Crippen LogP contribution in [0.1, 0.15) is 12.0 Å². The van der Waals surface area contributed by atoms with Gasteiger partial charge in [0.1, 0.15) is 0 Å². The van der Waals surface area contributed by atoms with Crippen LogP contribution in [-0.2, 0) is 16.4 Å². The van der Waals surface area contributed by atoms with Crippen molar-refractivity contribution in [3.63, 3.8) is 0 Å². The second kappa shape index (κ2) is 7.09. The van der Waals surface area contributed by atoms with E-state index in [-0.39, 0.29) is 0 Å². The van der Waals surface area contributed by atoms with Gasteiger partial charge in [0.15, 0.2) is 0 Å². The largest absolute Gasteiger partial charge is 0.299 e. The summed E-state index contributed by atoms with van der Waals surface area (Å²) in [4.78, 5) is 2.71. The molecular formula is C21H22N2O2S. The van der Waals surface area contributed by atoms with Crippen LogP contribution in [0.4, 0.5) is 0 Å². The van der Waals surface area contributed by atoms with Gasteiger partial charge in [-0.05, 0) is 36.6 Å². The van der Waals surface area contributed by atoms with Crippen molar-refractivity contribution in [3.8, 4) is 0 Å². The molecule has 4 rings (SSSR count). The van der Waals surface area contributed by atoms with E-state index in [0.717, 1.165) is 48.9 Å². The van der Waals surface area contributed by atoms with Crippen molar-refractivity contribution in [2.45, 2.75) is 17.7 Å². The van der Waals surface area contributed by atoms with E-state index in [4.69, 9.17) is 0 Å². The number of hydrogen-bond donors (Lipinski definition) is 0. The predicted molar refractivity (Wildman–Crippen MR) is 105 cm³/mol. The Morgan fingerprint density at radius 3 is 2.46 bits per heavy atom. The van der Waals surface area contributed by atoms with E-state index < -0.39 is 10.0 Å². The lowest BCUT2D eigenvalue weighted by molar-refractivity contribution is 0.303. The highest BCUT2D eigenvalue weighted by Gasteiger charge is 2.21. The molecule has 1 aliphatic heterocycles. The highest BCUT2D eigenvalue weighted by atomic mass is 32.2. The van der Waals surface area contributed by atoms with Gasteiger partial charge in [-0.3, -0.25) is 4.90 Å². The minimum atomic E-state index is -3.60. The van der Waals surface area contributed by atoms with Crippen LogP contribution >= 0.6 is 0 Å². The molecule has 4 nitrogen and oxygen atoms in total. The zero-order valence-corrected chi connectivity index (χ0v) is 15.4. The Bertz CT molecular complexity index is 1040. The Morgan fingerprint density at radius 1 is 0.923 bits per heavy atom. The first-order valence-electron chi connectivity index (χ1n) is 8.93. The maximum atomic E-state index is 13.1. The van der Waals surface area contributed by atoms with Crippen LogP contribution in [-0.4, -0.2) is 36.9 Å². The summed E-state index contributed by atoms with van der Waals surface area (Å²) in [6, 6.07) is 16.4. The summed E-state index contributed by atoms with van der Waals surface area (Å²) in [6.07, 6.45) is 8.14. The van der Waals surface area contributed by atoms with Gasteiger partial charge in [0.05, 0.1) is 10.4 Å². The van der Waals surface area contributed by atoms with Gasteiger partial charge in [0, 0.05) is 31.2 Å². The van der Waals surface area contributed by atoms with Crippen molar-refractivity contribution in [2.75, 3.05) is 19.6 Å². The second-order valence-electron chi connectivity index (χ2n) is 6.60. The number of aromatic nitrogens is 1. The predicted octanol–water partition coefficient (Wildman–Crippen LogP) is 3.68. The molecule has 0 spiro atoms. The SMILES string of the molecule is O=S(=O)(c1ccccc1)n1cc(CCN2CC=CCC2)c2ccccc21. The first-order chi connectivity index (χ1) is 12.7. The van der Waals surface area contributed by atoms with Gasteiger partial charge in [-0.1, -0.05) is 48.6 Å². The molecular weight excluding hydrogens is 344 g/mol. The fourth-order valence-electron chi connectivity index (χ4n) is 3.49. The van der Waals surface area contributed by atoms with E-state index in [1.54, 1.807) is 30.5 Å². The molecule has 5 heteroatoms. The molecule has 2 heterocycles. The highest BCUT2D eigenvalue weighted by molar-refractivity contribution is 7.90. The number of hydrogen-bond acceptors (Lipinski definition) is 3. The van der Waals surface area contributed by atoms with E-state index in [1.165, 1.54) is 3.97 Å². The molecule has 134 valence electrons. The van der Waals surface area contributed by atoms with E-state index in [9.17, 15) is 8.42 Å². The molecule has 0 unspecified atom stereocenters. The molecule has 0 amide bonds. The fraction of sp³-hybridized carbons (Fsp3) is 0.238. The molecule has 0 saturated carbocycles.